The number of nitrogens with zero attached hydrogens (tertiary/aromatic N) is 1. The van der Waals surface area contributed by atoms with Crippen molar-refractivity contribution in [2.24, 2.45) is 5.73 Å². The first-order valence-corrected chi connectivity index (χ1v) is 5.82. The number of fused-ring (bicyclic) bond motifs is 1. The van der Waals surface area contributed by atoms with Crippen molar-refractivity contribution >= 4 is 11.0 Å². The summed E-state index contributed by atoms with van der Waals surface area (Å²) in [7, 11) is 3.23. The van der Waals surface area contributed by atoms with Gasteiger partial charge in [0, 0.05) is 24.1 Å². The Kier molecular flexibility index (Phi) is 3.17. The van der Waals surface area contributed by atoms with Crippen LogP contribution in [0.3, 0.4) is 0 Å². The van der Waals surface area contributed by atoms with E-state index in [0.29, 0.717) is 17.9 Å². The molecule has 0 saturated carbocycles. The molecule has 0 radical (unpaired) electrons. The fourth-order valence-electron chi connectivity index (χ4n) is 1.90. The second-order valence-corrected chi connectivity index (χ2v) is 5.07. The van der Waals surface area contributed by atoms with Gasteiger partial charge in [0.05, 0.1) is 25.3 Å². The Hall–Kier alpha value is -1.75. The fourth-order valence-corrected chi connectivity index (χ4v) is 1.90. The van der Waals surface area contributed by atoms with Crippen LogP contribution < -0.4 is 15.2 Å². The normalized spacial score (nSPS) is 11.8. The molecule has 0 spiro atoms. The molecular formula is C13H19N3O2. The zero-order valence-electron chi connectivity index (χ0n) is 11.2. The molecule has 0 saturated heterocycles. The highest BCUT2D eigenvalue weighted by atomic mass is 16.5. The van der Waals surface area contributed by atoms with Crippen molar-refractivity contribution < 1.29 is 9.47 Å². The minimum atomic E-state index is -0.290. The molecule has 3 N–H and O–H groups in total. The quantitative estimate of drug-likeness (QED) is 0.867. The lowest BCUT2D eigenvalue weighted by molar-refractivity contribution is 0.356. The molecule has 1 heterocycles. The lowest BCUT2D eigenvalue weighted by Gasteiger charge is -2.15. The van der Waals surface area contributed by atoms with Crippen LogP contribution in [0.4, 0.5) is 0 Å². The molecule has 0 aliphatic carbocycles. The van der Waals surface area contributed by atoms with Crippen LogP contribution >= 0.6 is 0 Å². The average Bonchev–Trinajstić information content (AvgIpc) is 2.65. The van der Waals surface area contributed by atoms with Crippen LogP contribution in [0.5, 0.6) is 11.5 Å². The predicted octanol–water partition coefficient (Wildman–Crippen LogP) is 1.86. The Bertz CT molecular complexity index is 514. The Morgan fingerprint density at radius 1 is 1.22 bits per heavy atom. The van der Waals surface area contributed by atoms with Gasteiger partial charge < -0.3 is 20.2 Å². The SMILES string of the molecule is COc1cc2nc(CC(C)(C)N)[nH]c2cc1OC. The predicted molar refractivity (Wildman–Crippen MR) is 71.2 cm³/mol. The van der Waals surface area contributed by atoms with Crippen molar-refractivity contribution in [2.75, 3.05) is 14.2 Å². The van der Waals surface area contributed by atoms with Gasteiger partial charge in [-0.1, -0.05) is 0 Å². The smallest absolute Gasteiger partial charge is 0.163 e. The highest BCUT2D eigenvalue weighted by Crippen LogP contribution is 2.31. The van der Waals surface area contributed by atoms with Crippen LogP contribution in [0.15, 0.2) is 12.1 Å². The lowest BCUT2D eigenvalue weighted by Crippen LogP contribution is -2.34. The summed E-state index contributed by atoms with van der Waals surface area (Å²) in [4.78, 5) is 7.76. The van der Waals surface area contributed by atoms with E-state index in [-0.39, 0.29) is 5.54 Å². The third-order valence-corrected chi connectivity index (χ3v) is 2.66. The summed E-state index contributed by atoms with van der Waals surface area (Å²) in [5, 5.41) is 0. The van der Waals surface area contributed by atoms with E-state index in [1.165, 1.54) is 0 Å². The largest absolute Gasteiger partial charge is 0.493 e. The first-order chi connectivity index (χ1) is 8.43. The number of hydrogen-bond donors (Lipinski definition) is 2. The van der Waals surface area contributed by atoms with E-state index in [1.807, 2.05) is 26.0 Å². The van der Waals surface area contributed by atoms with Gasteiger partial charge in [0.2, 0.25) is 0 Å². The van der Waals surface area contributed by atoms with Gasteiger partial charge in [-0.3, -0.25) is 0 Å². The van der Waals surface area contributed by atoms with E-state index in [0.717, 1.165) is 16.9 Å². The molecule has 0 atom stereocenters. The molecule has 0 aliphatic heterocycles. The lowest BCUT2D eigenvalue weighted by atomic mass is 10.0. The van der Waals surface area contributed by atoms with Gasteiger partial charge in [0.1, 0.15) is 5.82 Å². The zero-order chi connectivity index (χ0) is 13.3. The van der Waals surface area contributed by atoms with E-state index in [1.54, 1.807) is 14.2 Å². The second kappa shape index (κ2) is 4.49. The second-order valence-electron chi connectivity index (χ2n) is 5.07. The third-order valence-electron chi connectivity index (χ3n) is 2.66. The van der Waals surface area contributed by atoms with Gasteiger partial charge in [-0.05, 0) is 13.8 Å². The van der Waals surface area contributed by atoms with E-state index < -0.39 is 0 Å². The van der Waals surface area contributed by atoms with E-state index in [2.05, 4.69) is 9.97 Å². The first kappa shape index (κ1) is 12.7. The average molecular weight is 249 g/mol. The van der Waals surface area contributed by atoms with Crippen molar-refractivity contribution in [3.05, 3.63) is 18.0 Å². The van der Waals surface area contributed by atoms with Crippen molar-refractivity contribution in [3.8, 4) is 11.5 Å². The number of ether oxygens (including phenoxy) is 2. The maximum atomic E-state index is 5.99. The third kappa shape index (κ3) is 2.56. The summed E-state index contributed by atoms with van der Waals surface area (Å²) in [6.07, 6.45) is 0.687. The highest BCUT2D eigenvalue weighted by Gasteiger charge is 2.16. The molecular weight excluding hydrogens is 230 g/mol. The minimum Gasteiger partial charge on any atom is -0.493 e. The number of aromatic amines is 1. The van der Waals surface area contributed by atoms with Crippen LogP contribution in [0.1, 0.15) is 19.7 Å². The van der Waals surface area contributed by atoms with Crippen LogP contribution in [-0.4, -0.2) is 29.7 Å². The zero-order valence-corrected chi connectivity index (χ0v) is 11.2. The molecule has 5 nitrogen and oxygen atoms in total. The number of hydrogen-bond acceptors (Lipinski definition) is 4. The number of methoxy groups -OCH3 is 2. The van der Waals surface area contributed by atoms with Gasteiger partial charge in [0.15, 0.2) is 11.5 Å². The summed E-state index contributed by atoms with van der Waals surface area (Å²) in [6.45, 7) is 3.95. The molecule has 2 rings (SSSR count). The van der Waals surface area contributed by atoms with Crippen LogP contribution in [-0.2, 0) is 6.42 Å². The molecule has 98 valence electrons. The topological polar surface area (TPSA) is 73.2 Å². The van der Waals surface area contributed by atoms with Crippen molar-refractivity contribution in [1.29, 1.82) is 0 Å². The summed E-state index contributed by atoms with van der Waals surface area (Å²) in [6, 6.07) is 3.74. The summed E-state index contributed by atoms with van der Waals surface area (Å²) in [5.41, 5.74) is 7.48. The van der Waals surface area contributed by atoms with E-state index >= 15 is 0 Å². The Morgan fingerprint density at radius 2 is 1.83 bits per heavy atom. The van der Waals surface area contributed by atoms with Crippen molar-refractivity contribution in [1.82, 2.24) is 9.97 Å². The molecule has 0 unspecified atom stereocenters. The van der Waals surface area contributed by atoms with Crippen LogP contribution in [0.25, 0.3) is 11.0 Å². The van der Waals surface area contributed by atoms with E-state index in [4.69, 9.17) is 15.2 Å². The number of H-pyrrole nitrogens is 1. The number of rotatable bonds is 4. The molecule has 0 aliphatic rings. The minimum absolute atomic E-state index is 0.290. The number of nitrogens with one attached hydrogen (secondary N) is 1. The molecule has 1 aromatic heterocycles. The monoisotopic (exact) mass is 249 g/mol. The Morgan fingerprint density at radius 3 is 2.39 bits per heavy atom. The van der Waals surface area contributed by atoms with Gasteiger partial charge in [-0.15, -0.1) is 0 Å². The fraction of sp³-hybridized carbons (Fsp3) is 0.462. The Labute approximate surface area is 106 Å². The van der Waals surface area contributed by atoms with Crippen molar-refractivity contribution in [2.45, 2.75) is 25.8 Å². The number of aromatic nitrogens is 2. The van der Waals surface area contributed by atoms with Gasteiger partial charge in [-0.2, -0.15) is 0 Å². The maximum absolute atomic E-state index is 5.99. The maximum Gasteiger partial charge on any atom is 0.163 e. The molecule has 5 heteroatoms. The Balaban J connectivity index is 2.45. The molecule has 1 aromatic carbocycles. The highest BCUT2D eigenvalue weighted by molar-refractivity contribution is 5.79. The molecule has 2 aromatic rings. The number of nitrogens with two attached hydrogens (primary N) is 1. The summed E-state index contributed by atoms with van der Waals surface area (Å²) in [5.74, 6) is 2.23. The molecule has 0 amide bonds. The first-order valence-electron chi connectivity index (χ1n) is 5.82. The number of imidazole rings is 1. The summed E-state index contributed by atoms with van der Waals surface area (Å²) >= 11 is 0. The van der Waals surface area contributed by atoms with Crippen molar-refractivity contribution in [3.63, 3.8) is 0 Å². The standard InChI is InChI=1S/C13H19N3O2/c1-13(2,14)7-12-15-8-5-10(17-3)11(18-4)6-9(8)16-12/h5-6H,7,14H2,1-4H3,(H,15,16). The van der Waals surface area contributed by atoms with Gasteiger partial charge in [-0.25, -0.2) is 4.98 Å². The van der Waals surface area contributed by atoms with Gasteiger partial charge >= 0.3 is 0 Å². The van der Waals surface area contributed by atoms with E-state index in [9.17, 15) is 0 Å². The molecule has 0 fully saturated rings. The van der Waals surface area contributed by atoms with Crippen LogP contribution in [0, 0.1) is 0 Å². The molecule has 18 heavy (non-hydrogen) atoms. The van der Waals surface area contributed by atoms with Gasteiger partial charge in [0.25, 0.3) is 0 Å². The van der Waals surface area contributed by atoms with Crippen LogP contribution in [0.2, 0.25) is 0 Å². The summed E-state index contributed by atoms with van der Waals surface area (Å²) < 4.78 is 10.5. The number of benzene rings is 1. The molecule has 0 bridgehead atoms.